The van der Waals surface area contributed by atoms with Gasteiger partial charge in [0.05, 0.1) is 19.4 Å². The molecule has 0 spiro atoms. The third-order valence-electron chi connectivity index (χ3n) is 2.33. The molecule has 0 saturated carbocycles. The lowest BCUT2D eigenvalue weighted by molar-refractivity contribution is 0.277. The third-order valence-corrected chi connectivity index (χ3v) is 2.33. The van der Waals surface area contributed by atoms with Gasteiger partial charge in [0, 0.05) is 25.0 Å². The lowest BCUT2D eigenvalue weighted by Crippen LogP contribution is -2.05. The Hall–Kier alpha value is -2.21. The van der Waals surface area contributed by atoms with Gasteiger partial charge in [-0.1, -0.05) is 0 Å². The summed E-state index contributed by atoms with van der Waals surface area (Å²) < 4.78 is 5.04. The molecule has 0 aliphatic carbocycles. The summed E-state index contributed by atoms with van der Waals surface area (Å²) in [5.74, 6) is 1.05. The van der Waals surface area contributed by atoms with Gasteiger partial charge < -0.3 is 15.2 Å². The van der Waals surface area contributed by atoms with Crippen LogP contribution in [0.4, 0.5) is 5.95 Å². The zero-order valence-corrected chi connectivity index (χ0v) is 10.00. The summed E-state index contributed by atoms with van der Waals surface area (Å²) in [7, 11) is 1.58. The third kappa shape index (κ3) is 3.14. The SMILES string of the molecule is COc1cc(CNc2nccc(CO)n2)ccn1. The fraction of sp³-hybridized carbons (Fsp3) is 0.250. The number of anilines is 1. The van der Waals surface area contributed by atoms with E-state index in [1.54, 1.807) is 25.6 Å². The van der Waals surface area contributed by atoms with E-state index in [1.807, 2.05) is 12.1 Å². The quantitative estimate of drug-likeness (QED) is 0.818. The van der Waals surface area contributed by atoms with Crippen molar-refractivity contribution >= 4 is 5.95 Å². The molecular formula is C12H14N4O2. The van der Waals surface area contributed by atoms with Crippen LogP contribution in [0.15, 0.2) is 30.6 Å². The number of aromatic nitrogens is 3. The van der Waals surface area contributed by atoms with E-state index in [0.717, 1.165) is 5.56 Å². The number of nitrogens with one attached hydrogen (secondary N) is 1. The number of ether oxygens (including phenoxy) is 1. The number of aliphatic hydroxyl groups excluding tert-OH is 1. The van der Waals surface area contributed by atoms with Crippen LogP contribution in [0.5, 0.6) is 5.88 Å². The van der Waals surface area contributed by atoms with Gasteiger partial charge in [-0.2, -0.15) is 0 Å². The summed E-state index contributed by atoms with van der Waals surface area (Å²) in [5, 5.41) is 12.0. The molecule has 6 nitrogen and oxygen atoms in total. The van der Waals surface area contributed by atoms with Crippen LogP contribution in [-0.4, -0.2) is 27.2 Å². The first-order valence-corrected chi connectivity index (χ1v) is 5.47. The maximum Gasteiger partial charge on any atom is 0.223 e. The number of aliphatic hydroxyl groups is 1. The molecule has 0 saturated heterocycles. The van der Waals surface area contributed by atoms with Gasteiger partial charge in [-0.15, -0.1) is 0 Å². The van der Waals surface area contributed by atoms with E-state index in [9.17, 15) is 0 Å². The Balaban J connectivity index is 2.01. The van der Waals surface area contributed by atoms with Crippen LogP contribution in [-0.2, 0) is 13.2 Å². The van der Waals surface area contributed by atoms with Crippen LogP contribution in [0.2, 0.25) is 0 Å². The highest BCUT2D eigenvalue weighted by atomic mass is 16.5. The summed E-state index contributed by atoms with van der Waals surface area (Å²) in [6.45, 7) is 0.466. The normalized spacial score (nSPS) is 10.1. The van der Waals surface area contributed by atoms with Gasteiger partial charge in [0.15, 0.2) is 0 Å². The summed E-state index contributed by atoms with van der Waals surface area (Å²) in [6, 6.07) is 5.38. The van der Waals surface area contributed by atoms with E-state index in [-0.39, 0.29) is 6.61 Å². The molecule has 0 bridgehead atoms. The lowest BCUT2D eigenvalue weighted by atomic mass is 10.2. The topological polar surface area (TPSA) is 80.2 Å². The van der Waals surface area contributed by atoms with Crippen LogP contribution in [0.3, 0.4) is 0 Å². The minimum absolute atomic E-state index is 0.0969. The van der Waals surface area contributed by atoms with Crippen molar-refractivity contribution in [2.24, 2.45) is 0 Å². The number of pyridine rings is 1. The van der Waals surface area contributed by atoms with E-state index in [0.29, 0.717) is 24.1 Å². The number of methoxy groups -OCH3 is 1. The molecule has 0 aromatic carbocycles. The molecule has 2 N–H and O–H groups in total. The van der Waals surface area contributed by atoms with E-state index in [4.69, 9.17) is 9.84 Å². The molecule has 0 aliphatic rings. The summed E-state index contributed by atoms with van der Waals surface area (Å²) in [5.41, 5.74) is 1.60. The Labute approximate surface area is 105 Å². The van der Waals surface area contributed by atoms with Gasteiger partial charge in [-0.25, -0.2) is 15.0 Å². The molecule has 2 aromatic rings. The molecule has 2 heterocycles. The van der Waals surface area contributed by atoms with E-state index < -0.39 is 0 Å². The van der Waals surface area contributed by atoms with Crippen molar-refractivity contribution in [1.29, 1.82) is 0 Å². The van der Waals surface area contributed by atoms with Gasteiger partial charge in [-0.3, -0.25) is 0 Å². The molecule has 0 atom stereocenters. The summed E-state index contributed by atoms with van der Waals surface area (Å²) >= 11 is 0. The Kier molecular flexibility index (Phi) is 4.03. The average molecular weight is 246 g/mol. The first kappa shape index (κ1) is 12.3. The lowest BCUT2D eigenvalue weighted by Gasteiger charge is -2.06. The van der Waals surface area contributed by atoms with Gasteiger partial charge in [0.2, 0.25) is 11.8 Å². The van der Waals surface area contributed by atoms with Gasteiger partial charge in [0.1, 0.15) is 0 Å². The highest BCUT2D eigenvalue weighted by Crippen LogP contribution is 2.10. The monoisotopic (exact) mass is 246 g/mol. The number of nitrogens with zero attached hydrogens (tertiary/aromatic N) is 3. The highest BCUT2D eigenvalue weighted by Gasteiger charge is 2.00. The second-order valence-corrected chi connectivity index (χ2v) is 3.59. The molecule has 0 amide bonds. The van der Waals surface area contributed by atoms with E-state index in [2.05, 4.69) is 20.3 Å². The molecule has 2 rings (SSSR count). The second-order valence-electron chi connectivity index (χ2n) is 3.59. The van der Waals surface area contributed by atoms with Crippen LogP contribution in [0, 0.1) is 0 Å². The molecular weight excluding hydrogens is 232 g/mol. The summed E-state index contributed by atoms with van der Waals surface area (Å²) in [4.78, 5) is 12.2. The average Bonchev–Trinajstić information content (AvgIpc) is 2.45. The first-order valence-electron chi connectivity index (χ1n) is 5.47. The van der Waals surface area contributed by atoms with Crippen molar-refractivity contribution in [2.75, 3.05) is 12.4 Å². The second kappa shape index (κ2) is 5.92. The van der Waals surface area contributed by atoms with Crippen molar-refractivity contribution in [3.05, 3.63) is 41.9 Å². The van der Waals surface area contributed by atoms with E-state index in [1.165, 1.54) is 0 Å². The van der Waals surface area contributed by atoms with Crippen molar-refractivity contribution in [3.8, 4) is 5.88 Å². The number of rotatable bonds is 5. The highest BCUT2D eigenvalue weighted by molar-refractivity contribution is 5.29. The minimum atomic E-state index is -0.0969. The van der Waals surface area contributed by atoms with E-state index >= 15 is 0 Å². The maximum absolute atomic E-state index is 8.97. The van der Waals surface area contributed by atoms with Crippen LogP contribution in [0.1, 0.15) is 11.3 Å². The maximum atomic E-state index is 8.97. The Morgan fingerprint density at radius 1 is 1.28 bits per heavy atom. The van der Waals surface area contributed by atoms with Gasteiger partial charge in [0.25, 0.3) is 0 Å². The molecule has 2 aromatic heterocycles. The van der Waals surface area contributed by atoms with Crippen molar-refractivity contribution in [2.45, 2.75) is 13.2 Å². The standard InChI is InChI=1S/C12H14N4O2/c1-18-11-6-9(2-4-13-11)7-15-12-14-5-3-10(8-17)16-12/h2-6,17H,7-8H2,1H3,(H,14,15,16). The molecule has 0 aliphatic heterocycles. The molecule has 0 unspecified atom stereocenters. The largest absolute Gasteiger partial charge is 0.481 e. The smallest absolute Gasteiger partial charge is 0.223 e. The predicted molar refractivity (Wildman–Crippen MR) is 66.1 cm³/mol. The van der Waals surface area contributed by atoms with Crippen LogP contribution >= 0.6 is 0 Å². The summed E-state index contributed by atoms with van der Waals surface area (Å²) in [6.07, 6.45) is 3.29. The van der Waals surface area contributed by atoms with Gasteiger partial charge in [-0.05, 0) is 17.7 Å². The van der Waals surface area contributed by atoms with Crippen molar-refractivity contribution in [1.82, 2.24) is 15.0 Å². The molecule has 0 fully saturated rings. The Bertz CT molecular complexity index is 471. The van der Waals surface area contributed by atoms with Gasteiger partial charge >= 0.3 is 0 Å². The van der Waals surface area contributed by atoms with Crippen molar-refractivity contribution < 1.29 is 9.84 Å². The fourth-order valence-electron chi connectivity index (χ4n) is 1.42. The molecule has 94 valence electrons. The molecule has 0 radical (unpaired) electrons. The molecule has 6 heteroatoms. The first-order chi connectivity index (χ1) is 8.81. The van der Waals surface area contributed by atoms with Crippen LogP contribution < -0.4 is 10.1 Å². The fourth-order valence-corrected chi connectivity index (χ4v) is 1.42. The predicted octanol–water partition coefficient (Wildman–Crippen LogP) is 0.985. The minimum Gasteiger partial charge on any atom is -0.481 e. The molecule has 18 heavy (non-hydrogen) atoms. The van der Waals surface area contributed by atoms with Crippen molar-refractivity contribution in [3.63, 3.8) is 0 Å². The zero-order valence-electron chi connectivity index (χ0n) is 10.00. The van der Waals surface area contributed by atoms with Crippen LogP contribution in [0.25, 0.3) is 0 Å². The number of hydrogen-bond acceptors (Lipinski definition) is 6. The Morgan fingerprint density at radius 2 is 2.11 bits per heavy atom. The Morgan fingerprint density at radius 3 is 2.89 bits per heavy atom. The number of hydrogen-bond donors (Lipinski definition) is 2. The zero-order chi connectivity index (χ0) is 12.8.